The van der Waals surface area contributed by atoms with Gasteiger partial charge in [-0.15, -0.1) is 0 Å². The van der Waals surface area contributed by atoms with Crippen LogP contribution in [-0.4, -0.2) is 37.4 Å². The van der Waals surface area contributed by atoms with E-state index >= 15 is 0 Å². The molecule has 6 nitrogen and oxygen atoms in total. The molecule has 0 fully saturated rings. The van der Waals surface area contributed by atoms with E-state index in [0.29, 0.717) is 12.6 Å². The Labute approximate surface area is 120 Å². The van der Waals surface area contributed by atoms with Gasteiger partial charge in [-0.1, -0.05) is 6.92 Å². The van der Waals surface area contributed by atoms with Crippen molar-refractivity contribution >= 4 is 0 Å². The molecule has 0 aliphatic heterocycles. The van der Waals surface area contributed by atoms with Crippen molar-refractivity contribution in [3.8, 4) is 0 Å². The highest BCUT2D eigenvalue weighted by atomic mass is 15.4. The Hall–Kier alpha value is -1.69. The highest BCUT2D eigenvalue weighted by Gasteiger charge is 2.08. The lowest BCUT2D eigenvalue weighted by Gasteiger charge is -2.09. The molecule has 6 heteroatoms. The van der Waals surface area contributed by atoms with Crippen LogP contribution in [-0.2, 0) is 13.0 Å². The van der Waals surface area contributed by atoms with E-state index in [1.807, 2.05) is 11.0 Å². The number of imidazole rings is 1. The predicted octanol–water partition coefficient (Wildman–Crippen LogP) is 1.65. The van der Waals surface area contributed by atoms with Crippen molar-refractivity contribution in [3.63, 3.8) is 0 Å². The summed E-state index contributed by atoms with van der Waals surface area (Å²) in [5.74, 6) is 0.966. The van der Waals surface area contributed by atoms with Crippen LogP contribution in [0.25, 0.3) is 0 Å². The highest BCUT2D eigenvalue weighted by Crippen LogP contribution is 2.07. The first kappa shape index (κ1) is 14.7. The summed E-state index contributed by atoms with van der Waals surface area (Å²) < 4.78 is 4.01. The van der Waals surface area contributed by atoms with Gasteiger partial charge in [0.15, 0.2) is 0 Å². The van der Waals surface area contributed by atoms with Crippen LogP contribution in [0.1, 0.15) is 44.8 Å². The lowest BCUT2D eigenvalue weighted by molar-refractivity contribution is 0.496. The molecule has 20 heavy (non-hydrogen) atoms. The van der Waals surface area contributed by atoms with Crippen LogP contribution in [0, 0.1) is 0 Å². The minimum absolute atomic E-state index is 0.328. The molecule has 0 spiro atoms. The summed E-state index contributed by atoms with van der Waals surface area (Å²) >= 11 is 0. The third-order valence-corrected chi connectivity index (χ3v) is 3.13. The van der Waals surface area contributed by atoms with E-state index < -0.39 is 0 Å². The van der Waals surface area contributed by atoms with E-state index in [4.69, 9.17) is 0 Å². The summed E-state index contributed by atoms with van der Waals surface area (Å²) in [7, 11) is 0. The summed E-state index contributed by atoms with van der Waals surface area (Å²) in [4.78, 5) is 8.75. The average molecular weight is 276 g/mol. The first-order valence-corrected chi connectivity index (χ1v) is 7.30. The number of aromatic nitrogens is 5. The number of hydrogen-bond donors (Lipinski definition) is 1. The normalized spacial score (nSPS) is 11.4. The molecule has 0 amide bonds. The van der Waals surface area contributed by atoms with Gasteiger partial charge in [-0.3, -0.25) is 0 Å². The topological polar surface area (TPSA) is 60.6 Å². The van der Waals surface area contributed by atoms with Gasteiger partial charge in [0.2, 0.25) is 0 Å². The largest absolute Gasteiger partial charge is 0.330 e. The van der Waals surface area contributed by atoms with Crippen LogP contribution < -0.4 is 5.32 Å². The van der Waals surface area contributed by atoms with Gasteiger partial charge in [-0.2, -0.15) is 5.10 Å². The Bertz CT molecular complexity index is 513. The number of nitrogens with one attached hydrogen (secondary N) is 1. The molecule has 0 unspecified atom stereocenters. The lowest BCUT2D eigenvalue weighted by atomic mass is 10.3. The van der Waals surface area contributed by atoms with E-state index in [2.05, 4.69) is 51.9 Å². The van der Waals surface area contributed by atoms with Crippen LogP contribution in [0.4, 0.5) is 0 Å². The zero-order valence-electron chi connectivity index (χ0n) is 12.6. The summed E-state index contributed by atoms with van der Waals surface area (Å²) in [6.07, 6.45) is 7.70. The molecule has 0 radical (unpaired) electrons. The molecule has 2 heterocycles. The second kappa shape index (κ2) is 7.19. The van der Waals surface area contributed by atoms with E-state index in [1.54, 1.807) is 6.33 Å². The molecular weight excluding hydrogens is 252 g/mol. The van der Waals surface area contributed by atoms with Gasteiger partial charge >= 0.3 is 0 Å². The van der Waals surface area contributed by atoms with Crippen molar-refractivity contribution in [2.75, 3.05) is 13.1 Å². The maximum atomic E-state index is 4.43. The molecule has 1 N–H and O–H groups in total. The summed E-state index contributed by atoms with van der Waals surface area (Å²) in [5, 5.41) is 7.64. The maximum absolute atomic E-state index is 4.43. The summed E-state index contributed by atoms with van der Waals surface area (Å²) in [6.45, 7) is 9.15. The standard InChI is InChI=1S/C14H24N6/c1-4-6-15-7-5-13-8-19(11-17-13)9-14-16-10-18-20(14)12(2)3/h8,10-12,15H,4-7,9H2,1-3H3. The molecule has 110 valence electrons. The quantitative estimate of drug-likeness (QED) is 0.745. The van der Waals surface area contributed by atoms with Crippen LogP contribution in [0.15, 0.2) is 18.9 Å². The van der Waals surface area contributed by atoms with Crippen LogP contribution >= 0.6 is 0 Å². The lowest BCUT2D eigenvalue weighted by Crippen LogP contribution is -2.17. The molecule has 2 aromatic rings. The monoisotopic (exact) mass is 276 g/mol. The van der Waals surface area contributed by atoms with Crippen molar-refractivity contribution in [2.24, 2.45) is 0 Å². The number of nitrogens with zero attached hydrogens (tertiary/aromatic N) is 5. The van der Waals surface area contributed by atoms with Gasteiger partial charge in [0.25, 0.3) is 0 Å². The van der Waals surface area contributed by atoms with Crippen molar-refractivity contribution in [1.29, 1.82) is 0 Å². The van der Waals surface area contributed by atoms with Gasteiger partial charge in [-0.25, -0.2) is 14.6 Å². The zero-order chi connectivity index (χ0) is 14.4. The Balaban J connectivity index is 1.90. The van der Waals surface area contributed by atoms with Gasteiger partial charge < -0.3 is 9.88 Å². The minimum Gasteiger partial charge on any atom is -0.330 e. The molecule has 0 bridgehead atoms. The summed E-state index contributed by atoms with van der Waals surface area (Å²) in [6, 6.07) is 0.328. The Morgan fingerprint density at radius 2 is 2.10 bits per heavy atom. The van der Waals surface area contributed by atoms with Crippen molar-refractivity contribution in [1.82, 2.24) is 29.6 Å². The smallest absolute Gasteiger partial charge is 0.147 e. The van der Waals surface area contributed by atoms with Crippen LogP contribution in [0.5, 0.6) is 0 Å². The Morgan fingerprint density at radius 3 is 2.85 bits per heavy atom. The Kier molecular flexibility index (Phi) is 5.29. The van der Waals surface area contributed by atoms with Gasteiger partial charge in [0, 0.05) is 25.2 Å². The first-order valence-electron chi connectivity index (χ1n) is 7.30. The van der Waals surface area contributed by atoms with Gasteiger partial charge in [0.05, 0.1) is 18.6 Å². The fourth-order valence-corrected chi connectivity index (χ4v) is 2.12. The molecule has 0 saturated heterocycles. The van der Waals surface area contributed by atoms with Gasteiger partial charge in [0.1, 0.15) is 12.2 Å². The molecule has 2 rings (SSSR count). The fourth-order valence-electron chi connectivity index (χ4n) is 2.12. The fraction of sp³-hybridized carbons (Fsp3) is 0.643. The van der Waals surface area contributed by atoms with E-state index in [1.165, 1.54) is 6.42 Å². The van der Waals surface area contributed by atoms with Crippen molar-refractivity contribution in [3.05, 3.63) is 30.4 Å². The molecule has 0 atom stereocenters. The molecule has 0 saturated carbocycles. The molecular formula is C14H24N6. The number of hydrogen-bond acceptors (Lipinski definition) is 4. The van der Waals surface area contributed by atoms with Crippen molar-refractivity contribution in [2.45, 2.75) is 46.2 Å². The zero-order valence-corrected chi connectivity index (χ0v) is 12.6. The third-order valence-electron chi connectivity index (χ3n) is 3.13. The van der Waals surface area contributed by atoms with Crippen LogP contribution in [0.3, 0.4) is 0 Å². The molecule has 0 aromatic carbocycles. The molecule has 0 aliphatic carbocycles. The van der Waals surface area contributed by atoms with Gasteiger partial charge in [-0.05, 0) is 26.8 Å². The highest BCUT2D eigenvalue weighted by molar-refractivity contribution is 5.00. The molecule has 0 aliphatic rings. The Morgan fingerprint density at radius 1 is 1.25 bits per heavy atom. The minimum atomic E-state index is 0.328. The average Bonchev–Trinajstić information content (AvgIpc) is 3.04. The molecule has 2 aromatic heterocycles. The first-order chi connectivity index (χ1) is 9.70. The van der Waals surface area contributed by atoms with Crippen molar-refractivity contribution < 1.29 is 0 Å². The van der Waals surface area contributed by atoms with E-state index in [0.717, 1.165) is 31.0 Å². The maximum Gasteiger partial charge on any atom is 0.147 e. The third kappa shape index (κ3) is 3.90. The second-order valence-corrected chi connectivity index (χ2v) is 5.25. The van der Waals surface area contributed by atoms with E-state index in [-0.39, 0.29) is 0 Å². The summed E-state index contributed by atoms with van der Waals surface area (Å²) in [5.41, 5.74) is 1.12. The van der Waals surface area contributed by atoms with Crippen LogP contribution in [0.2, 0.25) is 0 Å². The van der Waals surface area contributed by atoms with E-state index in [9.17, 15) is 0 Å². The predicted molar refractivity (Wildman–Crippen MR) is 78.6 cm³/mol. The SMILES string of the molecule is CCCNCCc1cn(Cc2ncnn2C(C)C)cn1. The second-order valence-electron chi connectivity index (χ2n) is 5.25. The number of rotatable bonds is 8.